The molecule has 2 rings (SSSR count). The second kappa shape index (κ2) is 5.86. The molecule has 1 heterocycles. The lowest BCUT2D eigenvalue weighted by atomic mass is 9.87. The first-order valence-corrected chi connectivity index (χ1v) is 7.30. The summed E-state index contributed by atoms with van der Waals surface area (Å²) in [6.07, 6.45) is -4.44. The van der Waals surface area contributed by atoms with Crippen molar-refractivity contribution in [2.45, 2.75) is 38.9 Å². The molecule has 0 aliphatic carbocycles. The van der Waals surface area contributed by atoms with Crippen molar-refractivity contribution in [3.8, 4) is 0 Å². The molecule has 0 saturated carbocycles. The van der Waals surface area contributed by atoms with Crippen LogP contribution in [0.3, 0.4) is 0 Å². The van der Waals surface area contributed by atoms with Gasteiger partial charge in [-0.05, 0) is 38.5 Å². The van der Waals surface area contributed by atoms with Crippen molar-refractivity contribution >= 4 is 17.5 Å². The van der Waals surface area contributed by atoms with Gasteiger partial charge in [0.1, 0.15) is 0 Å². The van der Waals surface area contributed by atoms with Crippen molar-refractivity contribution in [2.24, 2.45) is 5.92 Å². The number of anilines is 1. The Morgan fingerprint density at radius 1 is 1.30 bits per heavy atom. The van der Waals surface area contributed by atoms with Crippen molar-refractivity contribution < 1.29 is 22.8 Å². The molecule has 1 unspecified atom stereocenters. The van der Waals surface area contributed by atoms with Gasteiger partial charge in [0.2, 0.25) is 5.91 Å². The van der Waals surface area contributed by atoms with E-state index in [-0.39, 0.29) is 24.4 Å². The van der Waals surface area contributed by atoms with E-state index in [1.165, 1.54) is 37.8 Å². The lowest BCUT2D eigenvalue weighted by molar-refractivity contribution is -0.189. The van der Waals surface area contributed by atoms with Crippen molar-refractivity contribution in [1.82, 2.24) is 4.90 Å². The normalized spacial score (nSPS) is 20.4. The molecule has 4 nitrogen and oxygen atoms in total. The van der Waals surface area contributed by atoms with Crippen LogP contribution in [-0.4, -0.2) is 35.0 Å². The number of amides is 2. The quantitative estimate of drug-likeness (QED) is 0.904. The fraction of sp³-hybridized carbons (Fsp3) is 0.500. The first-order valence-electron chi connectivity index (χ1n) is 7.30. The summed E-state index contributed by atoms with van der Waals surface area (Å²) in [5.41, 5.74) is -0.612. The fourth-order valence-corrected chi connectivity index (χ4v) is 3.10. The van der Waals surface area contributed by atoms with Gasteiger partial charge in [0, 0.05) is 30.3 Å². The molecule has 1 saturated heterocycles. The number of likely N-dealkylation sites (tertiary alicyclic amines) is 1. The van der Waals surface area contributed by atoms with Crippen LogP contribution in [0, 0.1) is 5.92 Å². The SMILES string of the molecule is CC(=O)Nc1cccc(C(=O)N2CCC(C(F)(F)F)C2(C)C)c1. The third kappa shape index (κ3) is 3.48. The summed E-state index contributed by atoms with van der Waals surface area (Å²) in [5, 5.41) is 2.55. The zero-order valence-electron chi connectivity index (χ0n) is 13.2. The molecule has 1 aliphatic heterocycles. The average Bonchev–Trinajstić information content (AvgIpc) is 2.72. The summed E-state index contributed by atoms with van der Waals surface area (Å²) >= 11 is 0. The molecule has 1 aromatic rings. The van der Waals surface area contributed by atoms with E-state index in [4.69, 9.17) is 0 Å². The van der Waals surface area contributed by atoms with Gasteiger partial charge in [0.15, 0.2) is 0 Å². The largest absolute Gasteiger partial charge is 0.394 e. The maximum Gasteiger partial charge on any atom is 0.394 e. The zero-order valence-corrected chi connectivity index (χ0v) is 13.2. The Balaban J connectivity index is 2.26. The number of halogens is 3. The van der Waals surface area contributed by atoms with Crippen molar-refractivity contribution in [1.29, 1.82) is 0 Å². The molecule has 23 heavy (non-hydrogen) atoms. The molecule has 1 atom stereocenters. The third-order valence-corrected chi connectivity index (χ3v) is 4.26. The van der Waals surface area contributed by atoms with Crippen LogP contribution in [0.4, 0.5) is 18.9 Å². The Morgan fingerprint density at radius 3 is 2.48 bits per heavy atom. The van der Waals surface area contributed by atoms with Gasteiger partial charge in [0.05, 0.1) is 5.92 Å². The summed E-state index contributed by atoms with van der Waals surface area (Å²) in [4.78, 5) is 25.0. The molecule has 126 valence electrons. The van der Waals surface area contributed by atoms with E-state index < -0.39 is 23.5 Å². The van der Waals surface area contributed by atoms with E-state index in [0.717, 1.165) is 0 Å². The minimum atomic E-state index is -4.34. The maximum atomic E-state index is 13.1. The van der Waals surface area contributed by atoms with Crippen LogP contribution in [0.25, 0.3) is 0 Å². The molecule has 0 aromatic heterocycles. The Morgan fingerprint density at radius 2 is 1.96 bits per heavy atom. The predicted molar refractivity (Wildman–Crippen MR) is 80.0 cm³/mol. The lowest BCUT2D eigenvalue weighted by Gasteiger charge is -2.36. The summed E-state index contributed by atoms with van der Waals surface area (Å²) in [6.45, 7) is 4.27. The van der Waals surface area contributed by atoms with Gasteiger partial charge < -0.3 is 10.2 Å². The Labute approximate surface area is 132 Å². The first-order chi connectivity index (χ1) is 10.5. The first kappa shape index (κ1) is 17.3. The highest BCUT2D eigenvalue weighted by atomic mass is 19.4. The lowest BCUT2D eigenvalue weighted by Crippen LogP contribution is -2.49. The van der Waals surface area contributed by atoms with Crippen molar-refractivity contribution in [3.05, 3.63) is 29.8 Å². The highest BCUT2D eigenvalue weighted by Gasteiger charge is 2.56. The van der Waals surface area contributed by atoms with Crippen LogP contribution in [0.5, 0.6) is 0 Å². The molecular weight excluding hydrogens is 309 g/mol. The highest BCUT2D eigenvalue weighted by Crippen LogP contribution is 2.45. The van der Waals surface area contributed by atoms with Crippen LogP contribution in [-0.2, 0) is 4.79 Å². The molecule has 1 fully saturated rings. The predicted octanol–water partition coefficient (Wildman–Crippen LogP) is 3.45. The Hall–Kier alpha value is -2.05. The van der Waals surface area contributed by atoms with Crippen molar-refractivity contribution in [2.75, 3.05) is 11.9 Å². The molecule has 0 spiro atoms. The number of alkyl halides is 3. The van der Waals surface area contributed by atoms with Crippen LogP contribution in [0.1, 0.15) is 37.6 Å². The van der Waals surface area contributed by atoms with Crippen LogP contribution >= 0.6 is 0 Å². The summed E-state index contributed by atoms with van der Waals surface area (Å²) in [7, 11) is 0. The monoisotopic (exact) mass is 328 g/mol. The van der Waals surface area contributed by atoms with Crippen molar-refractivity contribution in [3.63, 3.8) is 0 Å². The number of benzene rings is 1. The number of hydrogen-bond acceptors (Lipinski definition) is 2. The number of nitrogens with zero attached hydrogens (tertiary/aromatic N) is 1. The van der Waals surface area contributed by atoms with E-state index >= 15 is 0 Å². The summed E-state index contributed by atoms with van der Waals surface area (Å²) in [6, 6.07) is 6.21. The van der Waals surface area contributed by atoms with E-state index in [0.29, 0.717) is 5.69 Å². The second-order valence-electron chi connectivity index (χ2n) is 6.26. The van der Waals surface area contributed by atoms with E-state index in [1.54, 1.807) is 12.1 Å². The number of carbonyl (C=O) groups is 2. The van der Waals surface area contributed by atoms with Crippen LogP contribution in [0.15, 0.2) is 24.3 Å². The summed E-state index contributed by atoms with van der Waals surface area (Å²) < 4.78 is 39.4. The Bertz CT molecular complexity index is 626. The molecule has 7 heteroatoms. The van der Waals surface area contributed by atoms with Gasteiger partial charge in [0.25, 0.3) is 5.91 Å². The van der Waals surface area contributed by atoms with Gasteiger partial charge in [-0.2, -0.15) is 13.2 Å². The topological polar surface area (TPSA) is 49.4 Å². The molecule has 0 radical (unpaired) electrons. The van der Waals surface area contributed by atoms with Gasteiger partial charge in [-0.25, -0.2) is 0 Å². The second-order valence-corrected chi connectivity index (χ2v) is 6.26. The van der Waals surface area contributed by atoms with Gasteiger partial charge in [-0.15, -0.1) is 0 Å². The van der Waals surface area contributed by atoms with E-state index in [9.17, 15) is 22.8 Å². The fourth-order valence-electron chi connectivity index (χ4n) is 3.10. The molecule has 2 amide bonds. The minimum Gasteiger partial charge on any atom is -0.333 e. The Kier molecular flexibility index (Phi) is 4.41. The third-order valence-electron chi connectivity index (χ3n) is 4.26. The van der Waals surface area contributed by atoms with Crippen LogP contribution in [0.2, 0.25) is 0 Å². The molecule has 1 N–H and O–H groups in total. The van der Waals surface area contributed by atoms with Gasteiger partial charge in [-0.3, -0.25) is 9.59 Å². The molecule has 1 aromatic carbocycles. The number of rotatable bonds is 2. The highest BCUT2D eigenvalue weighted by molar-refractivity contribution is 5.97. The molecule has 1 aliphatic rings. The summed E-state index contributed by atoms with van der Waals surface area (Å²) in [5.74, 6) is -2.29. The smallest absolute Gasteiger partial charge is 0.333 e. The average molecular weight is 328 g/mol. The zero-order chi connectivity index (χ0) is 17.4. The maximum absolute atomic E-state index is 13.1. The molecule has 0 bridgehead atoms. The van der Waals surface area contributed by atoms with E-state index in [2.05, 4.69) is 5.32 Å². The van der Waals surface area contributed by atoms with Gasteiger partial charge >= 0.3 is 6.18 Å². The van der Waals surface area contributed by atoms with Crippen LogP contribution < -0.4 is 5.32 Å². The number of carbonyl (C=O) groups excluding carboxylic acids is 2. The van der Waals surface area contributed by atoms with Gasteiger partial charge in [-0.1, -0.05) is 6.07 Å². The number of hydrogen-bond donors (Lipinski definition) is 1. The molecular formula is C16H19F3N2O2. The van der Waals surface area contributed by atoms with E-state index in [1.807, 2.05) is 0 Å². The number of nitrogens with one attached hydrogen (secondary N) is 1. The minimum absolute atomic E-state index is 0.0559. The standard InChI is InChI=1S/C16H19F3N2O2/c1-10(22)20-12-6-4-5-11(9-12)14(23)21-8-7-13(15(21,2)3)16(17,18)19/h4-6,9,13H,7-8H2,1-3H3,(H,20,22).